The van der Waals surface area contributed by atoms with Crippen LogP contribution in [0.2, 0.25) is 0 Å². The largest absolute Gasteiger partial charge is 0.496 e. The molecule has 1 N–H and O–H groups in total. The van der Waals surface area contributed by atoms with Gasteiger partial charge in [0.2, 0.25) is 5.91 Å². The fourth-order valence-electron chi connectivity index (χ4n) is 3.88. The van der Waals surface area contributed by atoms with Gasteiger partial charge in [0.05, 0.1) is 20.3 Å². The number of rotatable bonds is 5. The van der Waals surface area contributed by atoms with Crippen molar-refractivity contribution in [3.8, 4) is 5.75 Å². The van der Waals surface area contributed by atoms with Crippen LogP contribution in [-0.2, 0) is 9.53 Å². The first-order valence-electron chi connectivity index (χ1n) is 10.5. The number of methoxy groups -OCH3 is 1. The molecule has 162 valence electrons. The smallest absolute Gasteiger partial charge is 0.248 e. The number of furan rings is 1. The Balaban J connectivity index is 1.51. The molecule has 1 saturated heterocycles. The molecule has 1 amide bonds. The van der Waals surface area contributed by atoms with E-state index in [0.717, 1.165) is 71.1 Å². The maximum Gasteiger partial charge on any atom is 0.248 e. The molecule has 6 heteroatoms. The first-order valence-corrected chi connectivity index (χ1v) is 10.5. The van der Waals surface area contributed by atoms with Crippen molar-refractivity contribution in [2.24, 2.45) is 0 Å². The fraction of sp³-hybridized carbons (Fsp3) is 0.320. The Morgan fingerprint density at radius 1 is 1.13 bits per heavy atom. The van der Waals surface area contributed by atoms with Crippen LogP contribution in [0.4, 0.5) is 11.4 Å². The number of carbonyl (C=O) groups excluding carboxylic acids is 1. The van der Waals surface area contributed by atoms with Crippen molar-refractivity contribution in [1.29, 1.82) is 0 Å². The highest BCUT2D eigenvalue weighted by Crippen LogP contribution is 2.34. The molecule has 0 atom stereocenters. The lowest BCUT2D eigenvalue weighted by atomic mass is 10.0. The van der Waals surface area contributed by atoms with Crippen molar-refractivity contribution >= 4 is 33.8 Å². The zero-order chi connectivity index (χ0) is 22.0. The first kappa shape index (κ1) is 21.0. The predicted octanol–water partition coefficient (Wildman–Crippen LogP) is 4.94. The number of allylic oxidation sites excluding steroid dienone is 1. The highest BCUT2D eigenvalue weighted by molar-refractivity contribution is 6.04. The van der Waals surface area contributed by atoms with Crippen LogP contribution >= 0.6 is 0 Å². The van der Waals surface area contributed by atoms with Crippen molar-refractivity contribution in [3.05, 3.63) is 59.4 Å². The Kier molecular flexibility index (Phi) is 6.00. The summed E-state index contributed by atoms with van der Waals surface area (Å²) in [6.07, 6.45) is 1.60. The quantitative estimate of drug-likeness (QED) is 0.593. The van der Waals surface area contributed by atoms with Crippen molar-refractivity contribution < 1.29 is 18.7 Å². The van der Waals surface area contributed by atoms with E-state index >= 15 is 0 Å². The number of fused-ring (bicyclic) bond motifs is 1. The van der Waals surface area contributed by atoms with Crippen LogP contribution < -0.4 is 15.0 Å². The Hall–Kier alpha value is -3.25. The Labute approximate surface area is 182 Å². The van der Waals surface area contributed by atoms with Gasteiger partial charge in [0, 0.05) is 47.6 Å². The number of benzene rings is 2. The summed E-state index contributed by atoms with van der Waals surface area (Å²) in [5, 5.41) is 3.97. The molecule has 0 saturated carbocycles. The van der Waals surface area contributed by atoms with E-state index in [1.54, 1.807) is 13.2 Å². The summed E-state index contributed by atoms with van der Waals surface area (Å²) in [5.41, 5.74) is 5.47. The minimum Gasteiger partial charge on any atom is -0.496 e. The standard InChI is InChI=1S/C25H28N2O4/c1-16(21-14-22-17(2)18(3)31-24(22)15-23(21)29-4)13-25(28)26-19-5-7-20(8-6-19)27-9-11-30-12-10-27/h5-8,13-15H,9-12H2,1-4H3,(H,26,28)/b16-13+. The second-order valence-corrected chi connectivity index (χ2v) is 7.79. The summed E-state index contributed by atoms with van der Waals surface area (Å²) in [5.74, 6) is 1.38. The minimum absolute atomic E-state index is 0.182. The molecule has 1 fully saturated rings. The maximum absolute atomic E-state index is 12.6. The first-order chi connectivity index (χ1) is 15.0. The molecule has 2 aromatic carbocycles. The SMILES string of the molecule is COc1cc2oc(C)c(C)c2cc1/C(C)=C/C(=O)Nc1ccc(N2CCOCC2)cc1. The van der Waals surface area contributed by atoms with Gasteiger partial charge in [-0.15, -0.1) is 0 Å². The van der Waals surface area contributed by atoms with Crippen LogP contribution in [0, 0.1) is 13.8 Å². The van der Waals surface area contributed by atoms with Crippen molar-refractivity contribution in [1.82, 2.24) is 0 Å². The second kappa shape index (κ2) is 8.86. The van der Waals surface area contributed by atoms with Gasteiger partial charge >= 0.3 is 0 Å². The van der Waals surface area contributed by atoms with Gasteiger partial charge in [-0.2, -0.15) is 0 Å². The predicted molar refractivity (Wildman–Crippen MR) is 124 cm³/mol. The summed E-state index contributed by atoms with van der Waals surface area (Å²) in [6, 6.07) is 11.8. The molecule has 0 aliphatic carbocycles. The van der Waals surface area contributed by atoms with Gasteiger partial charge in [0.15, 0.2) is 0 Å². The van der Waals surface area contributed by atoms with E-state index in [-0.39, 0.29) is 5.91 Å². The number of aryl methyl sites for hydroxylation is 2. The van der Waals surface area contributed by atoms with Crippen LogP contribution in [0.5, 0.6) is 5.75 Å². The third-order valence-electron chi connectivity index (χ3n) is 5.78. The molecule has 6 nitrogen and oxygen atoms in total. The third kappa shape index (κ3) is 4.44. The molecule has 0 radical (unpaired) electrons. The number of nitrogens with zero attached hydrogens (tertiary/aromatic N) is 1. The van der Waals surface area contributed by atoms with Gasteiger partial charge in [0.1, 0.15) is 17.1 Å². The zero-order valence-electron chi connectivity index (χ0n) is 18.5. The molecule has 1 aliphatic heterocycles. The fourth-order valence-corrected chi connectivity index (χ4v) is 3.88. The average molecular weight is 421 g/mol. The van der Waals surface area contributed by atoms with Gasteiger partial charge in [-0.3, -0.25) is 4.79 Å². The molecule has 1 aliphatic rings. The van der Waals surface area contributed by atoms with Gasteiger partial charge in [0.25, 0.3) is 0 Å². The van der Waals surface area contributed by atoms with Gasteiger partial charge < -0.3 is 24.1 Å². The number of amides is 1. The van der Waals surface area contributed by atoms with E-state index in [1.807, 2.05) is 57.2 Å². The lowest BCUT2D eigenvalue weighted by Gasteiger charge is -2.28. The molecule has 3 aromatic rings. The van der Waals surface area contributed by atoms with E-state index in [1.165, 1.54) is 0 Å². The molecule has 0 spiro atoms. The van der Waals surface area contributed by atoms with E-state index in [4.69, 9.17) is 13.9 Å². The summed E-state index contributed by atoms with van der Waals surface area (Å²) in [7, 11) is 1.62. The van der Waals surface area contributed by atoms with Crippen LogP contribution in [0.1, 0.15) is 23.8 Å². The number of hydrogen-bond acceptors (Lipinski definition) is 5. The van der Waals surface area contributed by atoms with Gasteiger partial charge in [-0.1, -0.05) is 0 Å². The Bertz CT molecular complexity index is 1120. The van der Waals surface area contributed by atoms with Crippen LogP contribution in [0.15, 0.2) is 46.9 Å². The molecule has 4 rings (SSSR count). The molecule has 1 aromatic heterocycles. The Morgan fingerprint density at radius 2 is 1.84 bits per heavy atom. The maximum atomic E-state index is 12.6. The molecule has 2 heterocycles. The average Bonchev–Trinajstić information content (AvgIpc) is 3.06. The highest BCUT2D eigenvalue weighted by atomic mass is 16.5. The van der Waals surface area contributed by atoms with E-state index in [0.29, 0.717) is 5.75 Å². The van der Waals surface area contributed by atoms with E-state index in [9.17, 15) is 4.79 Å². The number of carbonyl (C=O) groups is 1. The van der Waals surface area contributed by atoms with Crippen molar-refractivity contribution in [2.75, 3.05) is 43.6 Å². The van der Waals surface area contributed by atoms with E-state index in [2.05, 4.69) is 10.2 Å². The molecule has 0 unspecified atom stereocenters. The monoisotopic (exact) mass is 420 g/mol. The lowest BCUT2D eigenvalue weighted by molar-refractivity contribution is -0.111. The number of hydrogen-bond donors (Lipinski definition) is 1. The summed E-state index contributed by atoms with van der Waals surface area (Å²) in [4.78, 5) is 14.9. The molecular formula is C25H28N2O4. The lowest BCUT2D eigenvalue weighted by Crippen LogP contribution is -2.36. The van der Waals surface area contributed by atoms with Gasteiger partial charge in [-0.05, 0) is 62.2 Å². The summed E-state index contributed by atoms with van der Waals surface area (Å²) >= 11 is 0. The molecular weight excluding hydrogens is 392 g/mol. The number of morpholine rings is 1. The Morgan fingerprint density at radius 3 is 2.52 bits per heavy atom. The topological polar surface area (TPSA) is 63.9 Å². The van der Waals surface area contributed by atoms with Gasteiger partial charge in [-0.25, -0.2) is 0 Å². The third-order valence-corrected chi connectivity index (χ3v) is 5.78. The number of ether oxygens (including phenoxy) is 2. The number of anilines is 2. The number of nitrogens with one attached hydrogen (secondary N) is 1. The van der Waals surface area contributed by atoms with Crippen LogP contribution in [0.3, 0.4) is 0 Å². The zero-order valence-corrected chi connectivity index (χ0v) is 18.5. The van der Waals surface area contributed by atoms with Crippen molar-refractivity contribution in [3.63, 3.8) is 0 Å². The van der Waals surface area contributed by atoms with Crippen molar-refractivity contribution in [2.45, 2.75) is 20.8 Å². The summed E-state index contributed by atoms with van der Waals surface area (Å²) in [6.45, 7) is 9.15. The van der Waals surface area contributed by atoms with E-state index < -0.39 is 0 Å². The van der Waals surface area contributed by atoms with Crippen LogP contribution in [-0.4, -0.2) is 39.3 Å². The second-order valence-electron chi connectivity index (χ2n) is 7.79. The molecule has 0 bridgehead atoms. The van der Waals surface area contributed by atoms with Crippen LogP contribution in [0.25, 0.3) is 16.5 Å². The normalized spacial score (nSPS) is 14.7. The molecule has 31 heavy (non-hydrogen) atoms. The summed E-state index contributed by atoms with van der Waals surface area (Å²) < 4.78 is 16.7. The highest BCUT2D eigenvalue weighted by Gasteiger charge is 2.15. The minimum atomic E-state index is -0.182.